The van der Waals surface area contributed by atoms with E-state index < -0.39 is 0 Å². The van der Waals surface area contributed by atoms with E-state index in [9.17, 15) is 9.59 Å². The quantitative estimate of drug-likeness (QED) is 0.787. The van der Waals surface area contributed by atoms with Crippen LogP contribution in [0, 0.1) is 11.8 Å². The molecule has 4 nitrogen and oxygen atoms in total. The Kier molecular flexibility index (Phi) is 4.54. The number of carbonyl (C=O) groups excluding carboxylic acids is 2. The van der Waals surface area contributed by atoms with Crippen LogP contribution in [0.1, 0.15) is 24.8 Å². The third-order valence-electron chi connectivity index (χ3n) is 3.52. The molecule has 110 valence electrons. The second-order valence-corrected chi connectivity index (χ2v) is 5.62. The zero-order valence-electron chi connectivity index (χ0n) is 12.3. The first-order valence-corrected chi connectivity index (χ1v) is 7.05. The summed E-state index contributed by atoms with van der Waals surface area (Å²) in [4.78, 5) is 27.2. The Hall–Kier alpha value is -1.99. The van der Waals surface area contributed by atoms with Gasteiger partial charge in [0.1, 0.15) is 0 Å². The van der Waals surface area contributed by atoms with Gasteiger partial charge in [-0.1, -0.05) is 17.5 Å². The van der Waals surface area contributed by atoms with Crippen LogP contribution in [0.3, 0.4) is 0 Å². The zero-order chi connectivity index (χ0) is 15.6. The molecule has 0 bridgehead atoms. The molecule has 1 aliphatic rings. The van der Waals surface area contributed by atoms with Crippen molar-refractivity contribution in [3.05, 3.63) is 28.8 Å². The molecule has 0 N–H and O–H groups in total. The van der Waals surface area contributed by atoms with Crippen LogP contribution in [0.2, 0.25) is 5.02 Å². The highest BCUT2D eigenvalue weighted by Crippen LogP contribution is 2.39. The number of hydrogen-bond donors (Lipinski definition) is 0. The van der Waals surface area contributed by atoms with Gasteiger partial charge in [0, 0.05) is 43.7 Å². The van der Waals surface area contributed by atoms with Crippen molar-refractivity contribution in [3.63, 3.8) is 0 Å². The third-order valence-corrected chi connectivity index (χ3v) is 3.76. The van der Waals surface area contributed by atoms with Crippen LogP contribution in [0.25, 0.3) is 0 Å². The number of carbonyl (C=O) groups is 2. The van der Waals surface area contributed by atoms with Crippen LogP contribution in [0.5, 0.6) is 0 Å². The van der Waals surface area contributed by atoms with Crippen molar-refractivity contribution >= 4 is 29.1 Å². The van der Waals surface area contributed by atoms with Crippen molar-refractivity contribution in [3.8, 4) is 11.8 Å². The Morgan fingerprint density at radius 1 is 1.43 bits per heavy atom. The number of hydrogen-bond acceptors (Lipinski definition) is 2. The van der Waals surface area contributed by atoms with Gasteiger partial charge >= 0.3 is 5.91 Å². The van der Waals surface area contributed by atoms with Gasteiger partial charge in [-0.05, 0) is 36.6 Å². The fourth-order valence-electron chi connectivity index (χ4n) is 2.45. The number of nitrogens with zero attached hydrogens (tertiary/aromatic N) is 2. The number of amides is 2. The Balaban J connectivity index is 2.34. The lowest BCUT2D eigenvalue weighted by molar-refractivity contribution is -0.129. The Morgan fingerprint density at radius 3 is 2.76 bits per heavy atom. The molecule has 2 amide bonds. The maximum absolute atomic E-state index is 12.1. The second kappa shape index (κ2) is 6.19. The fourth-order valence-corrected chi connectivity index (χ4v) is 2.63. The minimum atomic E-state index is -0.249. The molecule has 0 aromatic heterocycles. The first-order chi connectivity index (χ1) is 9.93. The largest absolute Gasteiger partial charge is 0.349 e. The fraction of sp³-hybridized carbons (Fsp3) is 0.375. The average molecular weight is 305 g/mol. The molecular weight excluding hydrogens is 288 g/mol. The van der Waals surface area contributed by atoms with Crippen LogP contribution in [0.15, 0.2) is 18.2 Å². The lowest BCUT2D eigenvalue weighted by Crippen LogP contribution is -2.30. The monoisotopic (exact) mass is 304 g/mol. The van der Waals surface area contributed by atoms with Crippen LogP contribution in [0.4, 0.5) is 5.69 Å². The number of benzene rings is 1. The molecule has 0 fully saturated rings. The van der Waals surface area contributed by atoms with Gasteiger partial charge in [-0.15, -0.1) is 0 Å². The van der Waals surface area contributed by atoms with E-state index in [0.29, 0.717) is 18.0 Å². The van der Waals surface area contributed by atoms with Gasteiger partial charge in [-0.2, -0.15) is 0 Å². The van der Waals surface area contributed by atoms with Crippen LogP contribution in [-0.2, 0) is 9.59 Å². The molecule has 1 heterocycles. The zero-order valence-corrected chi connectivity index (χ0v) is 13.1. The van der Waals surface area contributed by atoms with E-state index in [-0.39, 0.29) is 17.7 Å². The van der Waals surface area contributed by atoms with Gasteiger partial charge < -0.3 is 9.80 Å². The highest BCUT2D eigenvalue weighted by molar-refractivity contribution is 6.30. The summed E-state index contributed by atoms with van der Waals surface area (Å²) >= 11 is 6.05. The summed E-state index contributed by atoms with van der Waals surface area (Å²) in [5.41, 5.74) is 1.73. The molecule has 0 saturated carbocycles. The van der Waals surface area contributed by atoms with E-state index in [4.69, 9.17) is 11.6 Å². The SMILES string of the molecule is CC#CC(=O)N1CC(CC(=O)N(C)C)c2cc(Cl)ccc21. The van der Waals surface area contributed by atoms with Gasteiger partial charge in [0.2, 0.25) is 5.91 Å². The summed E-state index contributed by atoms with van der Waals surface area (Å²) in [5, 5.41) is 0.604. The Morgan fingerprint density at radius 2 is 2.14 bits per heavy atom. The number of rotatable bonds is 2. The van der Waals surface area contributed by atoms with Crippen LogP contribution >= 0.6 is 11.6 Å². The van der Waals surface area contributed by atoms with E-state index in [1.54, 1.807) is 36.9 Å². The van der Waals surface area contributed by atoms with Gasteiger partial charge in [-0.25, -0.2) is 0 Å². The van der Waals surface area contributed by atoms with E-state index in [0.717, 1.165) is 11.3 Å². The van der Waals surface area contributed by atoms with Crippen molar-refractivity contribution in [2.24, 2.45) is 0 Å². The topological polar surface area (TPSA) is 40.6 Å². The smallest absolute Gasteiger partial charge is 0.302 e. The van der Waals surface area contributed by atoms with Crippen molar-refractivity contribution < 1.29 is 9.59 Å². The van der Waals surface area contributed by atoms with E-state index >= 15 is 0 Å². The average Bonchev–Trinajstić information content (AvgIpc) is 2.77. The predicted molar refractivity (Wildman–Crippen MR) is 83.3 cm³/mol. The molecule has 0 radical (unpaired) electrons. The first-order valence-electron chi connectivity index (χ1n) is 6.68. The highest BCUT2D eigenvalue weighted by atomic mass is 35.5. The molecule has 1 aliphatic heterocycles. The summed E-state index contributed by atoms with van der Waals surface area (Å²) in [6.07, 6.45) is 0.351. The van der Waals surface area contributed by atoms with Gasteiger partial charge in [0.15, 0.2) is 0 Å². The molecule has 1 atom stereocenters. The molecule has 5 heteroatoms. The molecule has 0 saturated heterocycles. The number of fused-ring (bicyclic) bond motifs is 1. The van der Waals surface area contributed by atoms with Gasteiger partial charge in [-0.3, -0.25) is 9.59 Å². The minimum absolute atomic E-state index is 0.0294. The number of anilines is 1. The first kappa shape index (κ1) is 15.4. The summed E-state index contributed by atoms with van der Waals surface area (Å²) in [6.45, 7) is 2.09. The standard InChI is InChI=1S/C16H17ClN2O2/c1-4-5-15(20)19-10-11(8-16(21)18(2)3)13-9-12(17)6-7-14(13)19/h6-7,9,11H,8,10H2,1-3H3. The summed E-state index contributed by atoms with van der Waals surface area (Å²) in [5.74, 6) is 4.90. The van der Waals surface area contributed by atoms with E-state index in [2.05, 4.69) is 11.8 Å². The third kappa shape index (κ3) is 3.20. The molecule has 21 heavy (non-hydrogen) atoms. The predicted octanol–water partition coefficient (Wildman–Crippen LogP) is 2.27. The van der Waals surface area contributed by atoms with E-state index in [1.807, 2.05) is 12.1 Å². The van der Waals surface area contributed by atoms with Gasteiger partial charge in [0.25, 0.3) is 0 Å². The maximum atomic E-state index is 12.1. The molecule has 1 aromatic rings. The van der Waals surface area contributed by atoms with Crippen molar-refractivity contribution in [2.45, 2.75) is 19.3 Å². The Bertz CT molecular complexity index is 643. The van der Waals surface area contributed by atoms with Crippen LogP contribution < -0.4 is 4.90 Å². The maximum Gasteiger partial charge on any atom is 0.302 e. The normalized spacial score (nSPS) is 16.0. The second-order valence-electron chi connectivity index (χ2n) is 5.18. The minimum Gasteiger partial charge on any atom is -0.349 e. The van der Waals surface area contributed by atoms with Gasteiger partial charge in [0.05, 0.1) is 0 Å². The summed E-state index contributed by atoms with van der Waals surface area (Å²) in [6, 6.07) is 5.39. The molecular formula is C16H17ClN2O2. The molecule has 2 rings (SSSR count). The Labute approximate surface area is 129 Å². The molecule has 0 aliphatic carbocycles. The van der Waals surface area contributed by atoms with Crippen molar-refractivity contribution in [2.75, 3.05) is 25.5 Å². The molecule has 1 unspecified atom stereocenters. The summed E-state index contributed by atoms with van der Waals surface area (Å²) < 4.78 is 0. The molecule has 1 aromatic carbocycles. The van der Waals surface area contributed by atoms with Crippen molar-refractivity contribution in [1.82, 2.24) is 4.90 Å². The van der Waals surface area contributed by atoms with E-state index in [1.165, 1.54) is 0 Å². The summed E-state index contributed by atoms with van der Waals surface area (Å²) in [7, 11) is 3.45. The lowest BCUT2D eigenvalue weighted by atomic mass is 9.97. The lowest BCUT2D eigenvalue weighted by Gasteiger charge is -2.16. The molecule has 0 spiro atoms. The number of halogens is 1. The highest BCUT2D eigenvalue weighted by Gasteiger charge is 2.33. The van der Waals surface area contributed by atoms with Crippen LogP contribution in [-0.4, -0.2) is 37.4 Å². The van der Waals surface area contributed by atoms with Crippen molar-refractivity contribution in [1.29, 1.82) is 0 Å².